The Hall–Kier alpha value is -1.08. The van der Waals surface area contributed by atoms with Gasteiger partial charge >= 0.3 is 0 Å². The lowest BCUT2D eigenvalue weighted by atomic mass is 10.2. The van der Waals surface area contributed by atoms with Crippen molar-refractivity contribution in [3.63, 3.8) is 0 Å². The second-order valence-corrected chi connectivity index (χ2v) is 4.46. The SMILES string of the molecule is N#CCN1CCN(C(=O)CC2CC2)CC1. The van der Waals surface area contributed by atoms with Crippen LogP contribution in [0.5, 0.6) is 0 Å². The number of amides is 1. The van der Waals surface area contributed by atoms with Crippen LogP contribution in [0.1, 0.15) is 19.3 Å². The van der Waals surface area contributed by atoms with E-state index >= 15 is 0 Å². The third kappa shape index (κ3) is 2.93. The van der Waals surface area contributed by atoms with Gasteiger partial charge in [0.2, 0.25) is 5.91 Å². The van der Waals surface area contributed by atoms with Crippen LogP contribution in [0.15, 0.2) is 0 Å². The average Bonchev–Trinajstić information content (AvgIpc) is 3.03. The predicted octanol–water partition coefficient (Wildman–Crippen LogP) is 0.454. The minimum absolute atomic E-state index is 0.314. The Balaban J connectivity index is 1.72. The predicted molar refractivity (Wildman–Crippen MR) is 56.0 cm³/mol. The van der Waals surface area contributed by atoms with Crippen molar-refractivity contribution < 1.29 is 4.79 Å². The van der Waals surface area contributed by atoms with Crippen LogP contribution in [-0.2, 0) is 4.79 Å². The molecular formula is C11H17N3O. The maximum atomic E-state index is 11.8. The van der Waals surface area contributed by atoms with Crippen molar-refractivity contribution in [2.75, 3.05) is 32.7 Å². The van der Waals surface area contributed by atoms with Crippen LogP contribution in [0.4, 0.5) is 0 Å². The molecule has 1 saturated heterocycles. The van der Waals surface area contributed by atoms with E-state index in [1.165, 1.54) is 12.8 Å². The van der Waals surface area contributed by atoms with E-state index in [1.54, 1.807) is 0 Å². The number of rotatable bonds is 3. The van der Waals surface area contributed by atoms with Gasteiger partial charge in [0.1, 0.15) is 0 Å². The molecule has 0 aromatic carbocycles. The number of carbonyl (C=O) groups is 1. The molecule has 82 valence electrons. The second kappa shape index (κ2) is 4.63. The standard InChI is InChI=1S/C11H17N3O/c12-3-4-13-5-7-14(8-6-13)11(15)9-10-1-2-10/h10H,1-2,4-9H2. The Labute approximate surface area is 90.5 Å². The lowest BCUT2D eigenvalue weighted by Gasteiger charge is -2.33. The first kappa shape index (κ1) is 10.4. The van der Waals surface area contributed by atoms with Crippen molar-refractivity contribution in [3.05, 3.63) is 0 Å². The van der Waals surface area contributed by atoms with Crippen LogP contribution in [0.2, 0.25) is 0 Å². The number of piperazine rings is 1. The largest absolute Gasteiger partial charge is 0.340 e. The summed E-state index contributed by atoms with van der Waals surface area (Å²) in [6.07, 6.45) is 3.22. The lowest BCUT2D eigenvalue weighted by Crippen LogP contribution is -2.48. The van der Waals surface area contributed by atoms with E-state index in [-0.39, 0.29) is 0 Å². The molecular weight excluding hydrogens is 190 g/mol. The summed E-state index contributed by atoms with van der Waals surface area (Å²) in [6.45, 7) is 3.79. The zero-order chi connectivity index (χ0) is 10.7. The van der Waals surface area contributed by atoms with Gasteiger partial charge in [-0.05, 0) is 18.8 Å². The van der Waals surface area contributed by atoms with Gasteiger partial charge in [-0.2, -0.15) is 5.26 Å². The number of nitriles is 1. The van der Waals surface area contributed by atoms with Crippen molar-refractivity contribution in [3.8, 4) is 6.07 Å². The molecule has 2 fully saturated rings. The van der Waals surface area contributed by atoms with Gasteiger partial charge in [-0.15, -0.1) is 0 Å². The second-order valence-electron chi connectivity index (χ2n) is 4.46. The molecule has 1 saturated carbocycles. The van der Waals surface area contributed by atoms with Crippen molar-refractivity contribution in [2.45, 2.75) is 19.3 Å². The lowest BCUT2D eigenvalue weighted by molar-refractivity contribution is -0.133. The summed E-state index contributed by atoms with van der Waals surface area (Å²) >= 11 is 0. The molecule has 0 radical (unpaired) electrons. The highest BCUT2D eigenvalue weighted by molar-refractivity contribution is 5.76. The molecule has 1 aliphatic heterocycles. The normalized spacial score (nSPS) is 22.5. The van der Waals surface area contributed by atoms with Gasteiger partial charge in [0.25, 0.3) is 0 Å². The molecule has 4 nitrogen and oxygen atoms in total. The fraction of sp³-hybridized carbons (Fsp3) is 0.818. The van der Waals surface area contributed by atoms with Gasteiger partial charge in [0.05, 0.1) is 12.6 Å². The highest BCUT2D eigenvalue weighted by Crippen LogP contribution is 2.32. The van der Waals surface area contributed by atoms with Crippen molar-refractivity contribution in [1.29, 1.82) is 5.26 Å². The summed E-state index contributed by atoms with van der Waals surface area (Å²) in [5, 5.41) is 8.55. The summed E-state index contributed by atoms with van der Waals surface area (Å²) in [7, 11) is 0. The molecule has 0 aromatic heterocycles. The Bertz CT molecular complexity index is 272. The molecule has 0 unspecified atom stereocenters. The molecule has 2 aliphatic rings. The van der Waals surface area contributed by atoms with Crippen LogP contribution >= 0.6 is 0 Å². The molecule has 0 aromatic rings. The minimum Gasteiger partial charge on any atom is -0.340 e. The fourth-order valence-corrected chi connectivity index (χ4v) is 1.95. The Morgan fingerprint density at radius 1 is 1.27 bits per heavy atom. The monoisotopic (exact) mass is 207 g/mol. The maximum absolute atomic E-state index is 11.8. The molecule has 0 atom stereocenters. The molecule has 2 rings (SSSR count). The first-order chi connectivity index (χ1) is 7.29. The first-order valence-electron chi connectivity index (χ1n) is 5.66. The molecule has 1 aliphatic carbocycles. The van der Waals surface area contributed by atoms with Crippen LogP contribution < -0.4 is 0 Å². The summed E-state index contributed by atoms with van der Waals surface area (Å²) in [5.74, 6) is 0.990. The maximum Gasteiger partial charge on any atom is 0.222 e. The van der Waals surface area contributed by atoms with Gasteiger partial charge < -0.3 is 4.90 Å². The van der Waals surface area contributed by atoms with Crippen molar-refractivity contribution >= 4 is 5.91 Å². The van der Waals surface area contributed by atoms with E-state index in [4.69, 9.17) is 5.26 Å². The van der Waals surface area contributed by atoms with Crippen LogP contribution in [0, 0.1) is 17.2 Å². The summed E-state index contributed by atoms with van der Waals surface area (Å²) < 4.78 is 0. The Kier molecular flexibility index (Phi) is 3.22. The summed E-state index contributed by atoms with van der Waals surface area (Å²) in [4.78, 5) is 15.8. The van der Waals surface area contributed by atoms with Crippen molar-refractivity contribution in [2.24, 2.45) is 5.92 Å². The first-order valence-corrected chi connectivity index (χ1v) is 5.66. The van der Waals surface area contributed by atoms with E-state index in [0.717, 1.165) is 32.6 Å². The molecule has 1 amide bonds. The highest BCUT2D eigenvalue weighted by Gasteiger charge is 2.28. The number of hydrogen-bond acceptors (Lipinski definition) is 3. The Morgan fingerprint density at radius 2 is 1.93 bits per heavy atom. The summed E-state index contributed by atoms with van der Waals surface area (Å²) in [5.41, 5.74) is 0. The highest BCUT2D eigenvalue weighted by atomic mass is 16.2. The number of carbonyl (C=O) groups excluding carboxylic acids is 1. The van der Waals surface area contributed by atoms with Gasteiger partial charge in [-0.3, -0.25) is 9.69 Å². The van der Waals surface area contributed by atoms with Gasteiger partial charge in [0, 0.05) is 32.6 Å². The molecule has 0 bridgehead atoms. The molecule has 4 heteroatoms. The number of hydrogen-bond donors (Lipinski definition) is 0. The van der Waals surface area contributed by atoms with Gasteiger partial charge in [0.15, 0.2) is 0 Å². The number of nitrogens with zero attached hydrogens (tertiary/aromatic N) is 3. The third-order valence-electron chi connectivity index (χ3n) is 3.18. The molecule has 0 spiro atoms. The Morgan fingerprint density at radius 3 is 2.47 bits per heavy atom. The zero-order valence-corrected chi connectivity index (χ0v) is 8.98. The average molecular weight is 207 g/mol. The van der Waals surface area contributed by atoms with Crippen molar-refractivity contribution in [1.82, 2.24) is 9.80 Å². The van der Waals surface area contributed by atoms with Crippen LogP contribution in [-0.4, -0.2) is 48.4 Å². The summed E-state index contributed by atoms with van der Waals surface area (Å²) in [6, 6.07) is 2.15. The molecule has 0 N–H and O–H groups in total. The van der Waals surface area contributed by atoms with Crippen LogP contribution in [0.25, 0.3) is 0 Å². The van der Waals surface area contributed by atoms with Crippen LogP contribution in [0.3, 0.4) is 0 Å². The van der Waals surface area contributed by atoms with E-state index in [1.807, 2.05) is 4.90 Å². The molecule has 15 heavy (non-hydrogen) atoms. The third-order valence-corrected chi connectivity index (χ3v) is 3.18. The quantitative estimate of drug-likeness (QED) is 0.631. The minimum atomic E-state index is 0.314. The smallest absolute Gasteiger partial charge is 0.222 e. The molecule has 1 heterocycles. The van der Waals surface area contributed by atoms with Gasteiger partial charge in [-0.25, -0.2) is 0 Å². The zero-order valence-electron chi connectivity index (χ0n) is 8.98. The topological polar surface area (TPSA) is 47.3 Å². The van der Waals surface area contributed by atoms with E-state index in [9.17, 15) is 4.79 Å². The fourth-order valence-electron chi connectivity index (χ4n) is 1.95. The van der Waals surface area contributed by atoms with E-state index in [0.29, 0.717) is 18.4 Å². The van der Waals surface area contributed by atoms with E-state index < -0.39 is 0 Å². The van der Waals surface area contributed by atoms with Gasteiger partial charge in [-0.1, -0.05) is 0 Å². The van der Waals surface area contributed by atoms with E-state index in [2.05, 4.69) is 11.0 Å².